The minimum absolute atomic E-state index is 0.110. The molecule has 0 aliphatic heterocycles. The van der Waals surface area contributed by atoms with Gasteiger partial charge in [-0.1, -0.05) is 0 Å². The Hall–Kier alpha value is -0.900. The summed E-state index contributed by atoms with van der Waals surface area (Å²) in [6.45, 7) is 0.110. The summed E-state index contributed by atoms with van der Waals surface area (Å²) in [6.07, 6.45) is 2.28. The predicted octanol–water partition coefficient (Wildman–Crippen LogP) is 0.721. The molecule has 9 heavy (non-hydrogen) atoms. The maximum atomic E-state index is 9.76. The van der Waals surface area contributed by atoms with E-state index in [0.717, 1.165) is 0 Å². The molecule has 0 aromatic carbocycles. The third kappa shape index (κ3) is 1.81. The molecule has 1 heterocycles. The van der Waals surface area contributed by atoms with Gasteiger partial charge in [-0.15, -0.1) is 0 Å². The van der Waals surface area contributed by atoms with Crippen LogP contribution >= 0.6 is 11.5 Å². The number of hydrogen-bond acceptors (Lipinski definition) is 4. The van der Waals surface area contributed by atoms with E-state index in [4.69, 9.17) is 4.74 Å². The number of rotatable bonds is 3. The van der Waals surface area contributed by atoms with Crippen LogP contribution in [-0.4, -0.2) is 17.3 Å². The first-order chi connectivity index (χ1) is 4.43. The number of ether oxygens (including phenoxy) is 1. The summed E-state index contributed by atoms with van der Waals surface area (Å²) in [5.74, 6) is 0.659. The molecule has 1 aromatic rings. The molecule has 0 aliphatic rings. The predicted molar refractivity (Wildman–Crippen MR) is 33.7 cm³/mol. The van der Waals surface area contributed by atoms with Crippen LogP contribution in [-0.2, 0) is 4.79 Å². The lowest BCUT2D eigenvalue weighted by Crippen LogP contribution is -1.95. The maximum Gasteiger partial charge on any atom is 0.157 e. The molecule has 0 amide bonds. The average molecular weight is 143 g/mol. The van der Waals surface area contributed by atoms with Crippen molar-refractivity contribution in [3.63, 3.8) is 0 Å². The second kappa shape index (κ2) is 3.19. The first-order valence-corrected chi connectivity index (χ1v) is 3.23. The van der Waals surface area contributed by atoms with Crippen molar-refractivity contribution in [3.05, 3.63) is 11.6 Å². The summed E-state index contributed by atoms with van der Waals surface area (Å²) >= 11 is 1.30. The highest BCUT2D eigenvalue weighted by atomic mass is 32.1. The second-order valence-corrected chi connectivity index (χ2v) is 2.00. The molecular formula is C5H5NO2S. The minimum atomic E-state index is 0.110. The normalized spacial score (nSPS) is 8.89. The summed E-state index contributed by atoms with van der Waals surface area (Å²) in [6, 6.07) is 0. The first-order valence-electron chi connectivity index (χ1n) is 2.39. The lowest BCUT2D eigenvalue weighted by molar-refractivity contribution is -0.109. The molecule has 0 saturated carbocycles. The van der Waals surface area contributed by atoms with Gasteiger partial charge in [0.25, 0.3) is 0 Å². The summed E-state index contributed by atoms with van der Waals surface area (Å²) in [7, 11) is 0. The van der Waals surface area contributed by atoms with Crippen molar-refractivity contribution in [2.24, 2.45) is 0 Å². The Labute approximate surface area is 56.4 Å². The third-order valence-electron chi connectivity index (χ3n) is 0.728. The molecule has 1 rings (SSSR count). The van der Waals surface area contributed by atoms with E-state index in [1.165, 1.54) is 11.5 Å². The second-order valence-electron chi connectivity index (χ2n) is 1.34. The number of carbonyl (C=O) groups is 1. The number of nitrogens with zero attached hydrogens (tertiary/aromatic N) is 1. The summed E-state index contributed by atoms with van der Waals surface area (Å²) in [5.41, 5.74) is 0. The van der Waals surface area contributed by atoms with E-state index in [-0.39, 0.29) is 6.61 Å². The molecule has 0 radical (unpaired) electrons. The zero-order chi connectivity index (χ0) is 6.53. The number of hydrogen-bond donors (Lipinski definition) is 0. The van der Waals surface area contributed by atoms with Crippen molar-refractivity contribution in [2.75, 3.05) is 6.61 Å². The fourth-order valence-corrected chi connectivity index (χ4v) is 0.855. The molecule has 0 unspecified atom stereocenters. The van der Waals surface area contributed by atoms with Gasteiger partial charge in [0.05, 0.1) is 11.6 Å². The van der Waals surface area contributed by atoms with Gasteiger partial charge in [0, 0.05) is 0 Å². The SMILES string of the molecule is O=CCOc1cnsc1. The van der Waals surface area contributed by atoms with Crippen LogP contribution in [0.15, 0.2) is 11.6 Å². The Bertz CT molecular complexity index is 173. The van der Waals surface area contributed by atoms with Crippen molar-refractivity contribution >= 4 is 17.8 Å². The van der Waals surface area contributed by atoms with Crippen LogP contribution in [0.1, 0.15) is 0 Å². The van der Waals surface area contributed by atoms with Gasteiger partial charge in [0.1, 0.15) is 6.61 Å². The lowest BCUT2D eigenvalue weighted by Gasteiger charge is -1.92. The van der Waals surface area contributed by atoms with Gasteiger partial charge in [-0.25, -0.2) is 0 Å². The average Bonchev–Trinajstić information content (AvgIpc) is 2.34. The van der Waals surface area contributed by atoms with Crippen molar-refractivity contribution in [1.29, 1.82) is 0 Å². The fourth-order valence-electron chi connectivity index (χ4n) is 0.397. The number of carbonyl (C=O) groups excluding carboxylic acids is 1. The van der Waals surface area contributed by atoms with Crippen molar-refractivity contribution < 1.29 is 9.53 Å². The standard InChI is InChI=1S/C5H5NO2S/c7-1-2-8-5-3-6-9-4-5/h1,3-4H,2H2. The van der Waals surface area contributed by atoms with Crippen LogP contribution in [0, 0.1) is 0 Å². The molecule has 0 N–H and O–H groups in total. The van der Waals surface area contributed by atoms with Gasteiger partial charge < -0.3 is 4.74 Å². The highest BCUT2D eigenvalue weighted by Gasteiger charge is 1.90. The van der Waals surface area contributed by atoms with Crippen LogP contribution in [0.25, 0.3) is 0 Å². The Kier molecular flexibility index (Phi) is 2.21. The summed E-state index contributed by atoms with van der Waals surface area (Å²) < 4.78 is 8.65. The first kappa shape index (κ1) is 6.22. The quantitative estimate of drug-likeness (QED) is 0.585. The van der Waals surface area contributed by atoms with Gasteiger partial charge in [0.2, 0.25) is 0 Å². The fraction of sp³-hybridized carbons (Fsp3) is 0.200. The van der Waals surface area contributed by atoms with Crippen molar-refractivity contribution in [3.8, 4) is 5.75 Å². The van der Waals surface area contributed by atoms with Crippen LogP contribution in [0.2, 0.25) is 0 Å². The lowest BCUT2D eigenvalue weighted by atomic mass is 10.7. The van der Waals surface area contributed by atoms with Gasteiger partial charge in [-0.3, -0.25) is 4.79 Å². The maximum absolute atomic E-state index is 9.76. The Morgan fingerprint density at radius 1 is 1.89 bits per heavy atom. The van der Waals surface area contributed by atoms with E-state index < -0.39 is 0 Å². The van der Waals surface area contributed by atoms with E-state index in [9.17, 15) is 4.79 Å². The highest BCUT2D eigenvalue weighted by Crippen LogP contribution is 2.09. The monoisotopic (exact) mass is 143 g/mol. The van der Waals surface area contributed by atoms with Gasteiger partial charge in [-0.2, -0.15) is 4.37 Å². The molecule has 0 spiro atoms. The van der Waals surface area contributed by atoms with Crippen molar-refractivity contribution in [2.45, 2.75) is 0 Å². The van der Waals surface area contributed by atoms with E-state index in [1.54, 1.807) is 11.6 Å². The molecular weight excluding hydrogens is 138 g/mol. The molecule has 0 saturated heterocycles. The van der Waals surface area contributed by atoms with Gasteiger partial charge >= 0.3 is 0 Å². The molecule has 48 valence electrons. The smallest absolute Gasteiger partial charge is 0.157 e. The van der Waals surface area contributed by atoms with E-state index >= 15 is 0 Å². The molecule has 0 fully saturated rings. The van der Waals surface area contributed by atoms with Gasteiger partial charge in [-0.05, 0) is 11.5 Å². The minimum Gasteiger partial charge on any atom is -0.484 e. The van der Waals surface area contributed by atoms with E-state index in [0.29, 0.717) is 12.0 Å². The van der Waals surface area contributed by atoms with Gasteiger partial charge in [0.15, 0.2) is 12.0 Å². The van der Waals surface area contributed by atoms with Crippen LogP contribution < -0.4 is 4.74 Å². The largest absolute Gasteiger partial charge is 0.484 e. The topological polar surface area (TPSA) is 39.2 Å². The molecule has 0 bridgehead atoms. The number of aldehydes is 1. The highest BCUT2D eigenvalue weighted by molar-refractivity contribution is 7.03. The molecule has 4 heteroatoms. The van der Waals surface area contributed by atoms with Crippen LogP contribution in [0.3, 0.4) is 0 Å². The van der Waals surface area contributed by atoms with E-state index in [2.05, 4.69) is 4.37 Å². The zero-order valence-corrected chi connectivity index (χ0v) is 5.43. The Balaban J connectivity index is 2.38. The van der Waals surface area contributed by atoms with Crippen LogP contribution in [0.4, 0.5) is 0 Å². The summed E-state index contributed by atoms with van der Waals surface area (Å²) in [5, 5.41) is 1.74. The Morgan fingerprint density at radius 3 is 3.33 bits per heavy atom. The Morgan fingerprint density at radius 2 is 2.78 bits per heavy atom. The zero-order valence-electron chi connectivity index (χ0n) is 4.61. The molecule has 1 aromatic heterocycles. The van der Waals surface area contributed by atoms with Crippen LogP contribution in [0.5, 0.6) is 5.75 Å². The van der Waals surface area contributed by atoms with Crippen molar-refractivity contribution in [1.82, 2.24) is 4.37 Å². The molecule has 3 nitrogen and oxygen atoms in total. The molecule has 0 aliphatic carbocycles. The van der Waals surface area contributed by atoms with E-state index in [1.807, 2.05) is 0 Å². The third-order valence-corrected chi connectivity index (χ3v) is 1.29. The summed E-state index contributed by atoms with van der Waals surface area (Å²) in [4.78, 5) is 9.76. The number of aromatic nitrogens is 1. The molecule has 0 atom stereocenters.